The van der Waals surface area contributed by atoms with Crippen LogP contribution in [0, 0.1) is 0 Å². The molecule has 14 heteroatoms. The van der Waals surface area contributed by atoms with Crippen LogP contribution in [0.5, 0.6) is 0 Å². The predicted octanol–water partition coefficient (Wildman–Crippen LogP) is -2.01. The van der Waals surface area contributed by atoms with Crippen molar-refractivity contribution in [3.63, 3.8) is 0 Å². The number of anilines is 1. The number of aromatic nitrogens is 8. The Hall–Kier alpha value is -3.23. The first kappa shape index (κ1) is 18.1. The van der Waals surface area contributed by atoms with Gasteiger partial charge in [0.15, 0.2) is 23.9 Å². The molecule has 13 nitrogen and oxygen atoms in total. The third-order valence-electron chi connectivity index (χ3n) is 4.36. The fourth-order valence-electron chi connectivity index (χ4n) is 3.05. The Labute approximate surface area is 155 Å². The molecule has 0 bridgehead atoms. The molecule has 0 amide bonds. The molecule has 148 valence electrons. The second-order valence-corrected chi connectivity index (χ2v) is 6.06. The molecule has 4 atom stereocenters. The summed E-state index contributed by atoms with van der Waals surface area (Å²) >= 11 is 0. The first-order chi connectivity index (χ1) is 13.5. The zero-order valence-electron chi connectivity index (χ0n) is 14.3. The number of nitrogens with two attached hydrogens (primary N) is 1. The quantitative estimate of drug-likeness (QED) is 0.378. The number of nitrogen functional groups attached to an aromatic ring is 1. The number of hydrogen-bond donors (Lipinski definition) is 4. The lowest BCUT2D eigenvalue weighted by Gasteiger charge is -2.15. The van der Waals surface area contributed by atoms with Crippen molar-refractivity contribution in [2.24, 2.45) is 0 Å². The van der Waals surface area contributed by atoms with Crippen molar-refractivity contribution < 1.29 is 19.3 Å². The number of rotatable bonds is 5. The number of hydrogen-bond acceptors (Lipinski definition) is 10. The van der Waals surface area contributed by atoms with Crippen LogP contribution in [-0.2, 0) is 11.3 Å². The monoisotopic (exact) mass is 393 g/mol. The van der Waals surface area contributed by atoms with Gasteiger partial charge in [0, 0.05) is 6.54 Å². The number of ether oxygens (including phenoxy) is 1. The van der Waals surface area contributed by atoms with Gasteiger partial charge in [-0.2, -0.15) is 10.2 Å². The first-order valence-corrected chi connectivity index (χ1v) is 8.23. The molecule has 5 N–H and O–H groups in total. The molecule has 0 radical (unpaired) electrons. The fourth-order valence-corrected chi connectivity index (χ4v) is 3.05. The number of alkyl halides is 1. The topological polar surface area (TPSA) is 183 Å². The van der Waals surface area contributed by atoms with E-state index in [4.69, 9.17) is 10.5 Å². The zero-order chi connectivity index (χ0) is 19.8. The van der Waals surface area contributed by atoms with E-state index in [1.807, 2.05) is 0 Å². The van der Waals surface area contributed by atoms with Crippen molar-refractivity contribution in [1.29, 1.82) is 0 Å². The lowest BCUT2D eigenvalue weighted by molar-refractivity contribution is -0.0513. The minimum absolute atomic E-state index is 0.0697. The van der Waals surface area contributed by atoms with Gasteiger partial charge >= 0.3 is 5.69 Å². The van der Waals surface area contributed by atoms with E-state index in [1.54, 1.807) is 6.08 Å². The average molecular weight is 393 g/mol. The smallest absolute Gasteiger partial charge is 0.332 e. The summed E-state index contributed by atoms with van der Waals surface area (Å²) in [6.07, 6.45) is -1.68. The maximum Gasteiger partial charge on any atom is 0.332 e. The second kappa shape index (κ2) is 7.06. The maximum atomic E-state index is 14.1. The molecule has 1 saturated heterocycles. The number of tetrazole rings is 1. The zero-order valence-corrected chi connectivity index (χ0v) is 14.3. The largest absolute Gasteiger partial charge is 0.394 e. The number of halogens is 1. The standard InChI is InChI=1S/C14H16FN9O4/c15-9-7(5-25)28-12(10(9)26)24-11-6(4-17-13(16)18-11)23(14(24)27)3-1-2-8-19-21-22-20-8/h1-2,4,7,9-10,12,25-26H,3,5H2,(H2,16,17,18)(H,19,20,21,22)/b2-1+/t7-,9+,10+,12-/m1/s1. The molecular formula is C14H16FN9O4. The number of aromatic amines is 1. The number of aliphatic hydroxyl groups is 2. The average Bonchev–Trinajstić information content (AvgIpc) is 3.36. The molecule has 1 fully saturated rings. The number of nitrogens with one attached hydrogen (secondary N) is 1. The van der Waals surface area contributed by atoms with Crippen molar-refractivity contribution >= 4 is 23.2 Å². The van der Waals surface area contributed by atoms with Crippen LogP contribution in [0.1, 0.15) is 12.1 Å². The van der Waals surface area contributed by atoms with E-state index >= 15 is 0 Å². The van der Waals surface area contributed by atoms with Gasteiger partial charge < -0.3 is 20.7 Å². The number of H-pyrrole nitrogens is 1. The molecule has 1 aliphatic rings. The second-order valence-electron chi connectivity index (χ2n) is 6.06. The van der Waals surface area contributed by atoms with Crippen molar-refractivity contribution in [2.45, 2.75) is 31.2 Å². The van der Waals surface area contributed by atoms with E-state index in [2.05, 4.69) is 30.6 Å². The molecule has 1 aliphatic heterocycles. The molecule has 0 aliphatic carbocycles. The van der Waals surface area contributed by atoms with Gasteiger partial charge in [0.25, 0.3) is 0 Å². The molecule has 0 unspecified atom stereocenters. The van der Waals surface area contributed by atoms with Gasteiger partial charge in [-0.15, -0.1) is 10.2 Å². The summed E-state index contributed by atoms with van der Waals surface area (Å²) < 4.78 is 21.8. The molecule has 4 heterocycles. The minimum Gasteiger partial charge on any atom is -0.394 e. The highest BCUT2D eigenvalue weighted by atomic mass is 19.1. The SMILES string of the molecule is Nc1ncc2c(n1)n([C@@H]1O[C@H](CO)[C@H](F)[C@@H]1O)c(=O)n2C/C=C/c1nn[nH]n1. The summed E-state index contributed by atoms with van der Waals surface area (Å²) in [5, 5.41) is 32.6. The van der Waals surface area contributed by atoms with Crippen LogP contribution in [0.15, 0.2) is 17.1 Å². The molecule has 3 aromatic heterocycles. The molecule has 0 aromatic carbocycles. The maximum absolute atomic E-state index is 14.1. The number of aliphatic hydroxyl groups excluding tert-OH is 2. The van der Waals surface area contributed by atoms with Crippen molar-refractivity contribution in [1.82, 2.24) is 39.7 Å². The summed E-state index contributed by atoms with van der Waals surface area (Å²) in [4.78, 5) is 20.9. The van der Waals surface area contributed by atoms with Crippen LogP contribution < -0.4 is 11.4 Å². The third kappa shape index (κ3) is 2.92. The molecule has 0 spiro atoms. The van der Waals surface area contributed by atoms with Crippen LogP contribution in [0.2, 0.25) is 0 Å². The van der Waals surface area contributed by atoms with Gasteiger partial charge in [0.2, 0.25) is 5.95 Å². The summed E-state index contributed by atoms with van der Waals surface area (Å²) in [7, 11) is 0. The number of fused-ring (bicyclic) bond motifs is 1. The van der Waals surface area contributed by atoms with Gasteiger partial charge in [0.1, 0.15) is 17.7 Å². The molecule has 28 heavy (non-hydrogen) atoms. The number of imidazole rings is 1. The lowest BCUT2D eigenvalue weighted by atomic mass is 10.1. The normalized spacial score (nSPS) is 25.2. The van der Waals surface area contributed by atoms with Crippen LogP contribution in [-0.4, -0.2) is 74.9 Å². The van der Waals surface area contributed by atoms with Crippen molar-refractivity contribution in [3.8, 4) is 0 Å². The Kier molecular flexibility index (Phi) is 4.58. The fraction of sp³-hybridized carbons (Fsp3) is 0.429. The van der Waals surface area contributed by atoms with E-state index < -0.39 is 36.9 Å². The number of allylic oxidation sites excluding steroid dienone is 1. The van der Waals surface area contributed by atoms with Gasteiger partial charge in [0.05, 0.1) is 12.8 Å². The lowest BCUT2D eigenvalue weighted by Crippen LogP contribution is -2.34. The molecular weight excluding hydrogens is 377 g/mol. The van der Waals surface area contributed by atoms with Crippen molar-refractivity contribution in [2.75, 3.05) is 12.3 Å². The number of nitrogens with zero attached hydrogens (tertiary/aromatic N) is 7. The van der Waals surface area contributed by atoms with Gasteiger partial charge in [-0.25, -0.2) is 18.7 Å². The Morgan fingerprint density at radius 2 is 2.29 bits per heavy atom. The molecule has 0 saturated carbocycles. The highest BCUT2D eigenvalue weighted by molar-refractivity contribution is 5.72. The Morgan fingerprint density at radius 1 is 1.46 bits per heavy atom. The highest BCUT2D eigenvalue weighted by Gasteiger charge is 2.46. The van der Waals surface area contributed by atoms with Crippen LogP contribution in [0.3, 0.4) is 0 Å². The Bertz CT molecular complexity index is 1060. The van der Waals surface area contributed by atoms with Gasteiger partial charge in [-0.1, -0.05) is 6.08 Å². The summed E-state index contributed by atoms with van der Waals surface area (Å²) in [6.45, 7) is -0.567. The summed E-state index contributed by atoms with van der Waals surface area (Å²) in [5.74, 6) is 0.210. The highest BCUT2D eigenvalue weighted by Crippen LogP contribution is 2.32. The van der Waals surface area contributed by atoms with Crippen LogP contribution in [0.25, 0.3) is 17.2 Å². The molecule has 4 rings (SSSR count). The predicted molar refractivity (Wildman–Crippen MR) is 91.3 cm³/mol. The van der Waals surface area contributed by atoms with E-state index in [0.29, 0.717) is 11.3 Å². The Morgan fingerprint density at radius 3 is 2.96 bits per heavy atom. The third-order valence-corrected chi connectivity index (χ3v) is 4.36. The van der Waals surface area contributed by atoms with E-state index in [0.717, 1.165) is 4.57 Å². The first-order valence-electron chi connectivity index (χ1n) is 8.23. The van der Waals surface area contributed by atoms with Crippen LogP contribution in [0.4, 0.5) is 10.3 Å². The summed E-state index contributed by atoms with van der Waals surface area (Å²) in [5.41, 5.74) is 5.37. The van der Waals surface area contributed by atoms with E-state index in [1.165, 1.54) is 16.8 Å². The van der Waals surface area contributed by atoms with Crippen molar-refractivity contribution in [3.05, 3.63) is 28.6 Å². The molecule has 3 aromatic rings. The van der Waals surface area contributed by atoms with Gasteiger partial charge in [-0.05, 0) is 11.3 Å². The van der Waals surface area contributed by atoms with Crippen LogP contribution >= 0.6 is 0 Å². The van der Waals surface area contributed by atoms with E-state index in [-0.39, 0.29) is 18.1 Å². The van der Waals surface area contributed by atoms with Gasteiger partial charge in [-0.3, -0.25) is 4.57 Å². The summed E-state index contributed by atoms with van der Waals surface area (Å²) in [6, 6.07) is 0. The Balaban J connectivity index is 1.78. The van der Waals surface area contributed by atoms with E-state index in [9.17, 15) is 19.4 Å². The minimum atomic E-state index is -1.86.